The molecule has 0 bridgehead atoms. The van der Waals surface area contributed by atoms with Crippen molar-refractivity contribution < 1.29 is 19.8 Å². The molecule has 0 saturated carbocycles. The van der Waals surface area contributed by atoms with Gasteiger partial charge >= 0.3 is 5.97 Å². The minimum absolute atomic E-state index is 0.311. The zero-order valence-electron chi connectivity index (χ0n) is 10.0. The van der Waals surface area contributed by atoms with E-state index in [1.54, 1.807) is 11.4 Å². The summed E-state index contributed by atoms with van der Waals surface area (Å²) >= 11 is 1.21. The van der Waals surface area contributed by atoms with Crippen molar-refractivity contribution in [1.29, 1.82) is 0 Å². The molecule has 2 rings (SSSR count). The highest BCUT2D eigenvalue weighted by molar-refractivity contribution is 7.17. The zero-order chi connectivity index (χ0) is 14.2. The third kappa shape index (κ3) is 2.24. The summed E-state index contributed by atoms with van der Waals surface area (Å²) in [6.07, 6.45) is -0.682. The van der Waals surface area contributed by atoms with Crippen LogP contribution in [0.1, 0.15) is 23.2 Å². The number of fused-ring (bicyclic) bond motifs is 1. The number of nitrogens with zero attached hydrogens (tertiary/aromatic N) is 1. The second-order valence-electron chi connectivity index (χ2n) is 4.04. The molecule has 0 spiro atoms. The van der Waals surface area contributed by atoms with Crippen molar-refractivity contribution >= 4 is 33.3 Å². The van der Waals surface area contributed by atoms with Gasteiger partial charge in [0.15, 0.2) is 11.5 Å². The van der Waals surface area contributed by atoms with E-state index in [1.807, 2.05) is 0 Å². The topological polar surface area (TPSA) is 96.6 Å². The first-order valence-corrected chi connectivity index (χ1v) is 6.35. The summed E-state index contributed by atoms with van der Waals surface area (Å²) in [4.78, 5) is 34.4. The van der Waals surface area contributed by atoms with Crippen LogP contribution < -0.4 is 5.56 Å². The molecule has 0 fully saturated rings. The van der Waals surface area contributed by atoms with Crippen LogP contribution in [0, 0.1) is 0 Å². The van der Waals surface area contributed by atoms with Crippen LogP contribution in [0.3, 0.4) is 0 Å². The first-order valence-electron chi connectivity index (χ1n) is 5.47. The van der Waals surface area contributed by atoms with E-state index >= 15 is 0 Å². The van der Waals surface area contributed by atoms with Crippen LogP contribution in [0.25, 0.3) is 10.2 Å². The number of carboxylic acids is 1. The van der Waals surface area contributed by atoms with Crippen molar-refractivity contribution in [1.82, 2.24) is 4.57 Å². The van der Waals surface area contributed by atoms with Crippen molar-refractivity contribution in [2.75, 3.05) is 0 Å². The molecule has 2 aromatic rings. The number of carboxylic acid groups (broad SMARTS) is 1. The minimum atomic E-state index is -1.12. The van der Waals surface area contributed by atoms with E-state index in [2.05, 4.69) is 0 Å². The lowest BCUT2D eigenvalue weighted by Gasteiger charge is -2.07. The summed E-state index contributed by atoms with van der Waals surface area (Å²) in [5.74, 6) is -2.14. The zero-order valence-corrected chi connectivity index (χ0v) is 10.9. The number of hydrogen-bond donors (Lipinski definition) is 2. The van der Waals surface area contributed by atoms with Crippen LogP contribution in [0.5, 0.6) is 5.75 Å². The summed E-state index contributed by atoms with van der Waals surface area (Å²) < 4.78 is 1.72. The molecule has 100 valence electrons. The Labute approximate surface area is 111 Å². The Balaban J connectivity index is 2.57. The number of aromatic hydroxyl groups is 1. The van der Waals surface area contributed by atoms with Crippen molar-refractivity contribution in [3.05, 3.63) is 27.4 Å². The van der Waals surface area contributed by atoms with Gasteiger partial charge in [-0.3, -0.25) is 14.4 Å². The molecule has 0 radical (unpaired) electrons. The third-order valence-electron chi connectivity index (χ3n) is 2.82. The molecule has 0 aliphatic carbocycles. The fourth-order valence-corrected chi connectivity index (χ4v) is 2.70. The van der Waals surface area contributed by atoms with E-state index < -0.39 is 17.3 Å². The molecule has 7 heteroatoms. The molecule has 0 saturated heterocycles. The van der Waals surface area contributed by atoms with E-state index in [4.69, 9.17) is 5.11 Å². The van der Waals surface area contributed by atoms with Gasteiger partial charge in [-0.05, 0) is 11.4 Å². The second kappa shape index (κ2) is 4.85. The fourth-order valence-electron chi connectivity index (χ4n) is 1.83. The highest BCUT2D eigenvalue weighted by Gasteiger charge is 2.21. The van der Waals surface area contributed by atoms with Gasteiger partial charge in [0.05, 0.1) is 16.6 Å². The van der Waals surface area contributed by atoms with E-state index in [-0.39, 0.29) is 24.2 Å². The van der Waals surface area contributed by atoms with Crippen LogP contribution >= 0.6 is 11.3 Å². The van der Waals surface area contributed by atoms with Gasteiger partial charge in [-0.15, -0.1) is 11.3 Å². The van der Waals surface area contributed by atoms with Crippen LogP contribution in [0.2, 0.25) is 0 Å². The Morgan fingerprint density at radius 1 is 1.37 bits per heavy atom. The largest absolute Gasteiger partial charge is 0.505 e. The molecule has 0 atom stereocenters. The predicted octanol–water partition coefficient (Wildman–Crippen LogP) is 1.35. The summed E-state index contributed by atoms with van der Waals surface area (Å²) in [5, 5.41) is 20.3. The molecule has 0 aliphatic rings. The number of aliphatic carboxylic acids is 1. The Kier molecular flexibility index (Phi) is 3.39. The van der Waals surface area contributed by atoms with E-state index in [1.165, 1.54) is 23.0 Å². The van der Waals surface area contributed by atoms with Crippen molar-refractivity contribution in [2.24, 2.45) is 7.05 Å². The molecule has 0 aliphatic heterocycles. The van der Waals surface area contributed by atoms with Gasteiger partial charge in [-0.1, -0.05) is 0 Å². The number of Topliss-reactive ketones (excluding diaryl/α,β-unsaturated/α-hetero) is 1. The van der Waals surface area contributed by atoms with E-state index in [9.17, 15) is 19.5 Å². The molecule has 2 aromatic heterocycles. The lowest BCUT2D eigenvalue weighted by atomic mass is 10.1. The average Bonchev–Trinajstić information content (AvgIpc) is 2.83. The minimum Gasteiger partial charge on any atom is -0.505 e. The molecule has 6 nitrogen and oxygen atoms in total. The number of aryl methyl sites for hydroxylation is 1. The van der Waals surface area contributed by atoms with Crippen molar-refractivity contribution in [3.63, 3.8) is 0 Å². The molecule has 0 aromatic carbocycles. The van der Waals surface area contributed by atoms with Gasteiger partial charge < -0.3 is 14.8 Å². The Hall–Kier alpha value is -2.15. The quantitative estimate of drug-likeness (QED) is 0.825. The maximum Gasteiger partial charge on any atom is 0.303 e. The van der Waals surface area contributed by atoms with E-state index in [0.717, 1.165) is 0 Å². The van der Waals surface area contributed by atoms with Crippen molar-refractivity contribution in [3.8, 4) is 5.75 Å². The lowest BCUT2D eigenvalue weighted by molar-refractivity contribution is -0.136. The maximum atomic E-state index is 12.0. The van der Waals surface area contributed by atoms with Gasteiger partial charge in [0.1, 0.15) is 5.56 Å². The highest BCUT2D eigenvalue weighted by Crippen LogP contribution is 2.31. The summed E-state index contributed by atoms with van der Waals surface area (Å²) in [6.45, 7) is 0. The molecular weight excluding hydrogens is 270 g/mol. The molecule has 2 N–H and O–H groups in total. The maximum absolute atomic E-state index is 12.0. The fraction of sp³-hybridized carbons (Fsp3) is 0.250. The molecule has 0 unspecified atom stereocenters. The first-order chi connectivity index (χ1) is 8.93. The SMILES string of the molecule is Cn1c(=O)c(C(=O)CCC(=O)O)c(O)c2sccc21. The number of carbonyl (C=O) groups is 2. The molecule has 2 heterocycles. The monoisotopic (exact) mass is 281 g/mol. The number of thiophene rings is 1. The lowest BCUT2D eigenvalue weighted by Crippen LogP contribution is -2.24. The van der Waals surface area contributed by atoms with Crippen LogP contribution in [-0.4, -0.2) is 26.5 Å². The molecular formula is C12H11NO5S. The van der Waals surface area contributed by atoms with Gasteiger partial charge in [0.2, 0.25) is 0 Å². The number of ketones is 1. The Morgan fingerprint density at radius 3 is 2.68 bits per heavy atom. The van der Waals surface area contributed by atoms with Crippen LogP contribution in [0.4, 0.5) is 0 Å². The number of hydrogen-bond acceptors (Lipinski definition) is 5. The van der Waals surface area contributed by atoms with Crippen molar-refractivity contribution in [2.45, 2.75) is 12.8 Å². The highest BCUT2D eigenvalue weighted by atomic mass is 32.1. The molecule has 0 amide bonds. The van der Waals surface area contributed by atoms with Gasteiger partial charge in [0.25, 0.3) is 5.56 Å². The smallest absolute Gasteiger partial charge is 0.303 e. The number of aromatic nitrogens is 1. The third-order valence-corrected chi connectivity index (χ3v) is 3.73. The second-order valence-corrected chi connectivity index (χ2v) is 4.96. The number of rotatable bonds is 4. The summed E-state index contributed by atoms with van der Waals surface area (Å²) in [7, 11) is 1.50. The van der Waals surface area contributed by atoms with Crippen LogP contribution in [-0.2, 0) is 11.8 Å². The number of pyridine rings is 1. The number of carbonyl (C=O) groups excluding carboxylic acids is 1. The average molecular weight is 281 g/mol. The summed E-state index contributed by atoms with van der Waals surface area (Å²) in [6, 6.07) is 1.67. The van der Waals surface area contributed by atoms with Gasteiger partial charge in [-0.2, -0.15) is 0 Å². The standard InChI is InChI=1S/C12H11NO5S/c1-13-6-4-5-19-11(6)10(17)9(12(13)18)7(14)2-3-8(15)16/h4-5,17H,2-3H2,1H3,(H,15,16). The Bertz CT molecular complexity index is 728. The Morgan fingerprint density at radius 2 is 2.05 bits per heavy atom. The first kappa shape index (κ1) is 13.3. The normalized spacial score (nSPS) is 10.8. The van der Waals surface area contributed by atoms with Gasteiger partial charge in [0, 0.05) is 13.5 Å². The van der Waals surface area contributed by atoms with Gasteiger partial charge in [-0.25, -0.2) is 0 Å². The molecule has 19 heavy (non-hydrogen) atoms. The predicted molar refractivity (Wildman–Crippen MR) is 69.9 cm³/mol. The van der Waals surface area contributed by atoms with Crippen LogP contribution in [0.15, 0.2) is 16.2 Å². The van der Waals surface area contributed by atoms with E-state index in [0.29, 0.717) is 10.2 Å². The summed E-state index contributed by atoms with van der Waals surface area (Å²) in [5.41, 5.74) is -0.403.